The van der Waals surface area contributed by atoms with Crippen LogP contribution in [0.25, 0.3) is 17.3 Å². The lowest BCUT2D eigenvalue weighted by Gasteiger charge is -2.14. The van der Waals surface area contributed by atoms with Gasteiger partial charge in [-0.05, 0) is 24.0 Å². The molecule has 0 radical (unpaired) electrons. The second kappa shape index (κ2) is 9.24. The fourth-order valence-corrected chi connectivity index (χ4v) is 2.50. The number of fused-ring (bicyclic) bond motifs is 1. The van der Waals surface area contributed by atoms with E-state index in [0.717, 1.165) is 24.4 Å². The minimum atomic E-state index is 0.443. The first kappa shape index (κ1) is 18.2. The number of nitrogens with zero attached hydrogens (tertiary/aromatic N) is 1. The van der Waals surface area contributed by atoms with Crippen molar-refractivity contribution in [1.82, 2.24) is 9.97 Å². The molecule has 120 valence electrons. The summed E-state index contributed by atoms with van der Waals surface area (Å²) >= 11 is 0. The number of H-pyrrole nitrogens is 1. The molecular weight excluding hydrogens is 268 g/mol. The van der Waals surface area contributed by atoms with Crippen molar-refractivity contribution in [1.29, 1.82) is 0 Å². The molecule has 0 amide bonds. The van der Waals surface area contributed by atoms with Gasteiger partial charge in [0.15, 0.2) is 0 Å². The van der Waals surface area contributed by atoms with E-state index < -0.39 is 0 Å². The third-order valence-corrected chi connectivity index (χ3v) is 3.50. The highest BCUT2D eigenvalue weighted by Crippen LogP contribution is 2.30. The first-order chi connectivity index (χ1) is 10.8. The molecular formula is C20H30N2. The van der Waals surface area contributed by atoms with Crippen molar-refractivity contribution in [3.05, 3.63) is 47.4 Å². The molecule has 0 fully saturated rings. The van der Waals surface area contributed by atoms with Crippen LogP contribution in [0.5, 0.6) is 0 Å². The lowest BCUT2D eigenvalue weighted by atomic mass is 9.92. The first-order valence-corrected chi connectivity index (χ1v) is 8.59. The van der Waals surface area contributed by atoms with E-state index in [-0.39, 0.29) is 0 Å². The Balaban J connectivity index is 0.000000561. The predicted octanol–water partition coefficient (Wildman–Crippen LogP) is 6.21. The minimum Gasteiger partial charge on any atom is -0.342 e. The maximum atomic E-state index is 4.47. The van der Waals surface area contributed by atoms with Gasteiger partial charge < -0.3 is 4.98 Å². The number of aromatic amines is 1. The van der Waals surface area contributed by atoms with Gasteiger partial charge in [0, 0.05) is 11.5 Å². The summed E-state index contributed by atoms with van der Waals surface area (Å²) in [5, 5.41) is 0. The zero-order valence-corrected chi connectivity index (χ0v) is 14.9. The number of rotatable bonds is 2. The molecule has 1 aliphatic carbocycles. The molecule has 0 bridgehead atoms. The highest BCUT2D eigenvalue weighted by atomic mass is 14.9. The van der Waals surface area contributed by atoms with Crippen molar-refractivity contribution < 1.29 is 0 Å². The van der Waals surface area contributed by atoms with Crippen LogP contribution in [0.15, 0.2) is 30.5 Å². The molecule has 0 aliphatic heterocycles. The Labute approximate surface area is 135 Å². The van der Waals surface area contributed by atoms with E-state index in [4.69, 9.17) is 0 Å². The minimum absolute atomic E-state index is 0.443. The first-order valence-electron chi connectivity index (χ1n) is 8.59. The summed E-state index contributed by atoms with van der Waals surface area (Å²) in [4.78, 5) is 7.91. The van der Waals surface area contributed by atoms with Crippen LogP contribution in [-0.4, -0.2) is 9.97 Å². The van der Waals surface area contributed by atoms with Gasteiger partial charge in [-0.3, -0.25) is 0 Å². The zero-order valence-electron chi connectivity index (χ0n) is 14.9. The number of imidazole rings is 1. The molecule has 2 aromatic rings. The largest absolute Gasteiger partial charge is 0.342 e. The Hall–Kier alpha value is -1.83. The Kier molecular flexibility index (Phi) is 7.65. The summed E-state index contributed by atoms with van der Waals surface area (Å²) < 4.78 is 0. The second-order valence-electron chi connectivity index (χ2n) is 5.15. The van der Waals surface area contributed by atoms with Crippen molar-refractivity contribution in [2.24, 2.45) is 0 Å². The highest BCUT2D eigenvalue weighted by molar-refractivity contribution is 5.71. The van der Waals surface area contributed by atoms with E-state index >= 15 is 0 Å². The topological polar surface area (TPSA) is 28.7 Å². The third kappa shape index (κ3) is 4.09. The Morgan fingerprint density at radius 3 is 2.45 bits per heavy atom. The molecule has 22 heavy (non-hydrogen) atoms. The quantitative estimate of drug-likeness (QED) is 0.701. The normalized spacial score (nSPS) is 12.0. The van der Waals surface area contributed by atoms with Gasteiger partial charge in [0.1, 0.15) is 5.82 Å². The number of nitrogens with one attached hydrogen (secondary N) is 1. The zero-order chi connectivity index (χ0) is 16.5. The molecule has 0 spiro atoms. The molecule has 1 aromatic carbocycles. The van der Waals surface area contributed by atoms with E-state index in [1.807, 2.05) is 33.9 Å². The standard InChI is InChI=1S/C16H18N2.2C2H6/c1-11(2)16-17-10-15(18-16)14-9-5-7-12-6-3-4-8-13(12)14;2*1-2/h3,5-7,9-11H,4,8H2,1-2H3,(H,17,18);2*1-2H3. The number of hydrogen-bond donors (Lipinski definition) is 1. The van der Waals surface area contributed by atoms with Crippen molar-refractivity contribution in [2.45, 2.75) is 60.3 Å². The number of hydrogen-bond acceptors (Lipinski definition) is 1. The molecule has 0 saturated carbocycles. The van der Waals surface area contributed by atoms with Crippen LogP contribution in [-0.2, 0) is 6.42 Å². The summed E-state index contributed by atoms with van der Waals surface area (Å²) in [7, 11) is 0. The fourth-order valence-electron chi connectivity index (χ4n) is 2.50. The molecule has 1 aliphatic rings. The molecule has 1 N–H and O–H groups in total. The summed E-state index contributed by atoms with van der Waals surface area (Å²) in [6.07, 6.45) is 8.69. The molecule has 0 saturated heterocycles. The Morgan fingerprint density at radius 2 is 1.82 bits per heavy atom. The molecule has 1 aromatic heterocycles. The molecule has 1 heterocycles. The van der Waals surface area contributed by atoms with Crippen LogP contribution < -0.4 is 0 Å². The lowest BCUT2D eigenvalue weighted by Crippen LogP contribution is -1.97. The molecule has 0 atom stereocenters. The van der Waals surface area contributed by atoms with Crippen LogP contribution in [0.1, 0.15) is 70.8 Å². The van der Waals surface area contributed by atoms with E-state index in [2.05, 4.69) is 54.2 Å². The van der Waals surface area contributed by atoms with E-state index in [9.17, 15) is 0 Å². The van der Waals surface area contributed by atoms with E-state index in [1.165, 1.54) is 16.7 Å². The molecule has 2 nitrogen and oxygen atoms in total. The molecule has 0 unspecified atom stereocenters. The van der Waals surface area contributed by atoms with Crippen LogP contribution in [0.3, 0.4) is 0 Å². The highest BCUT2D eigenvalue weighted by Gasteiger charge is 2.13. The third-order valence-electron chi connectivity index (χ3n) is 3.50. The summed E-state index contributed by atoms with van der Waals surface area (Å²) in [5.74, 6) is 1.51. The van der Waals surface area contributed by atoms with Crippen LogP contribution >= 0.6 is 0 Å². The van der Waals surface area contributed by atoms with Crippen molar-refractivity contribution in [3.63, 3.8) is 0 Å². The van der Waals surface area contributed by atoms with Gasteiger partial charge >= 0.3 is 0 Å². The predicted molar refractivity (Wildman–Crippen MR) is 98.2 cm³/mol. The van der Waals surface area contributed by atoms with Gasteiger partial charge in [0.2, 0.25) is 0 Å². The van der Waals surface area contributed by atoms with E-state index in [0.29, 0.717) is 5.92 Å². The van der Waals surface area contributed by atoms with Gasteiger partial charge in [-0.2, -0.15) is 0 Å². The van der Waals surface area contributed by atoms with Gasteiger partial charge in [-0.1, -0.05) is 71.9 Å². The Bertz CT molecular complexity index is 592. The van der Waals surface area contributed by atoms with Gasteiger partial charge in [-0.25, -0.2) is 4.98 Å². The monoisotopic (exact) mass is 298 g/mol. The van der Waals surface area contributed by atoms with Crippen LogP contribution in [0.4, 0.5) is 0 Å². The number of benzene rings is 1. The summed E-state index contributed by atoms with van der Waals surface area (Å²) in [6.45, 7) is 12.3. The fraction of sp³-hybridized carbons (Fsp3) is 0.450. The van der Waals surface area contributed by atoms with Gasteiger partial charge in [0.05, 0.1) is 11.9 Å². The lowest BCUT2D eigenvalue weighted by molar-refractivity contribution is 0.795. The van der Waals surface area contributed by atoms with Crippen LogP contribution in [0, 0.1) is 0 Å². The van der Waals surface area contributed by atoms with Gasteiger partial charge in [-0.15, -0.1) is 0 Å². The average Bonchev–Trinajstić information content (AvgIpc) is 3.08. The smallest absolute Gasteiger partial charge is 0.109 e. The summed E-state index contributed by atoms with van der Waals surface area (Å²) in [5.41, 5.74) is 5.24. The van der Waals surface area contributed by atoms with Crippen LogP contribution in [0.2, 0.25) is 0 Å². The van der Waals surface area contributed by atoms with Crippen molar-refractivity contribution in [2.75, 3.05) is 0 Å². The molecule has 2 heteroatoms. The van der Waals surface area contributed by atoms with E-state index in [1.54, 1.807) is 0 Å². The number of aromatic nitrogens is 2. The summed E-state index contributed by atoms with van der Waals surface area (Å²) in [6, 6.07) is 6.50. The van der Waals surface area contributed by atoms with Crippen molar-refractivity contribution >= 4 is 6.08 Å². The average molecular weight is 298 g/mol. The Morgan fingerprint density at radius 1 is 1.09 bits per heavy atom. The molecule has 3 rings (SSSR count). The SMILES string of the molecule is CC.CC.CC(C)c1ncc(-c2cccc3c2CCC=C3)[nH]1. The number of allylic oxidation sites excluding steroid dienone is 1. The maximum Gasteiger partial charge on any atom is 0.109 e. The van der Waals surface area contributed by atoms with Gasteiger partial charge in [0.25, 0.3) is 0 Å². The second-order valence-corrected chi connectivity index (χ2v) is 5.15. The maximum absolute atomic E-state index is 4.47. The van der Waals surface area contributed by atoms with Crippen molar-refractivity contribution in [3.8, 4) is 11.3 Å².